The van der Waals surface area contributed by atoms with E-state index < -0.39 is 12.7 Å². The first-order valence-electron chi connectivity index (χ1n) is 4.93. The van der Waals surface area contributed by atoms with Crippen molar-refractivity contribution in [3.63, 3.8) is 0 Å². The third-order valence-electron chi connectivity index (χ3n) is 2.21. The number of alkyl halides is 2. The summed E-state index contributed by atoms with van der Waals surface area (Å²) in [6, 6.07) is 9.11. The zero-order valence-electron chi connectivity index (χ0n) is 8.72. The molecule has 0 aliphatic rings. The number of rotatable bonds is 4. The van der Waals surface area contributed by atoms with Crippen molar-refractivity contribution in [2.24, 2.45) is 0 Å². The molecular weight excluding hydrogens is 230 g/mol. The Morgan fingerprint density at radius 3 is 2.65 bits per heavy atom. The monoisotopic (exact) mass is 240 g/mol. The second kappa shape index (κ2) is 4.97. The molecule has 1 N–H and O–H groups in total. The smallest absolute Gasteiger partial charge is 0.387 e. The topological polar surface area (TPSA) is 42.6 Å². The fourth-order valence-electron chi connectivity index (χ4n) is 1.47. The molecule has 1 unspecified atom stereocenters. The van der Waals surface area contributed by atoms with Crippen LogP contribution >= 0.6 is 0 Å². The average molecular weight is 240 g/mol. The third-order valence-corrected chi connectivity index (χ3v) is 2.21. The van der Waals surface area contributed by atoms with Gasteiger partial charge in [0.15, 0.2) is 0 Å². The van der Waals surface area contributed by atoms with Gasteiger partial charge in [-0.05, 0) is 29.8 Å². The maximum Gasteiger partial charge on any atom is 0.387 e. The van der Waals surface area contributed by atoms with Crippen LogP contribution in [-0.2, 0) is 0 Å². The lowest BCUT2D eigenvalue weighted by molar-refractivity contribution is -0.0499. The van der Waals surface area contributed by atoms with Crippen LogP contribution < -0.4 is 4.74 Å². The van der Waals surface area contributed by atoms with E-state index in [4.69, 9.17) is 4.42 Å². The molecule has 17 heavy (non-hydrogen) atoms. The molecule has 0 saturated carbocycles. The summed E-state index contributed by atoms with van der Waals surface area (Å²) in [6.07, 6.45) is 0.434. The van der Waals surface area contributed by atoms with Crippen LogP contribution in [0.25, 0.3) is 0 Å². The van der Waals surface area contributed by atoms with Gasteiger partial charge in [0.2, 0.25) is 0 Å². The zero-order chi connectivity index (χ0) is 12.3. The molecule has 2 aromatic rings. The maximum atomic E-state index is 12.0. The van der Waals surface area contributed by atoms with Crippen LogP contribution in [0.1, 0.15) is 17.4 Å². The molecule has 0 aliphatic carbocycles. The molecule has 0 aliphatic heterocycles. The van der Waals surface area contributed by atoms with E-state index in [1.165, 1.54) is 24.5 Å². The molecule has 1 atom stereocenters. The van der Waals surface area contributed by atoms with Crippen molar-refractivity contribution in [1.29, 1.82) is 0 Å². The molecule has 1 heterocycles. The van der Waals surface area contributed by atoms with Crippen molar-refractivity contribution < 1.29 is 23.0 Å². The molecule has 0 saturated heterocycles. The van der Waals surface area contributed by atoms with Crippen molar-refractivity contribution in [3.8, 4) is 5.75 Å². The summed E-state index contributed by atoms with van der Waals surface area (Å²) in [5, 5.41) is 9.90. The Morgan fingerprint density at radius 2 is 2.00 bits per heavy atom. The Hall–Kier alpha value is -1.88. The Bertz CT molecular complexity index is 468. The second-order valence-electron chi connectivity index (χ2n) is 3.37. The summed E-state index contributed by atoms with van der Waals surface area (Å²) in [5.74, 6) is 0.349. The molecule has 3 nitrogen and oxygen atoms in total. The van der Waals surface area contributed by atoms with Gasteiger partial charge < -0.3 is 14.3 Å². The minimum Gasteiger partial charge on any atom is -0.466 e. The Kier molecular flexibility index (Phi) is 3.39. The van der Waals surface area contributed by atoms with Crippen molar-refractivity contribution in [2.45, 2.75) is 12.7 Å². The van der Waals surface area contributed by atoms with Gasteiger partial charge in [-0.15, -0.1) is 0 Å². The van der Waals surface area contributed by atoms with Crippen molar-refractivity contribution in [1.82, 2.24) is 0 Å². The minimum atomic E-state index is -2.88. The van der Waals surface area contributed by atoms with Gasteiger partial charge in [0, 0.05) is 0 Å². The quantitative estimate of drug-likeness (QED) is 0.893. The van der Waals surface area contributed by atoms with Gasteiger partial charge in [0.05, 0.1) is 6.26 Å². The molecule has 1 aromatic heterocycles. The van der Waals surface area contributed by atoms with Gasteiger partial charge in [0.25, 0.3) is 0 Å². The number of ether oxygens (including phenoxy) is 1. The molecule has 0 bridgehead atoms. The summed E-state index contributed by atoms with van der Waals surface area (Å²) in [4.78, 5) is 0. The van der Waals surface area contributed by atoms with Gasteiger partial charge >= 0.3 is 6.61 Å². The average Bonchev–Trinajstić information content (AvgIpc) is 2.81. The molecule has 0 amide bonds. The van der Waals surface area contributed by atoms with E-state index in [1.807, 2.05) is 0 Å². The highest BCUT2D eigenvalue weighted by atomic mass is 19.3. The van der Waals surface area contributed by atoms with Crippen LogP contribution in [0.15, 0.2) is 47.1 Å². The van der Waals surface area contributed by atoms with Crippen LogP contribution in [0, 0.1) is 0 Å². The normalized spacial score (nSPS) is 12.7. The number of furan rings is 1. The van der Waals surface area contributed by atoms with Crippen molar-refractivity contribution in [3.05, 3.63) is 54.0 Å². The van der Waals surface area contributed by atoms with Crippen LogP contribution in [0.2, 0.25) is 0 Å². The lowest BCUT2D eigenvalue weighted by Crippen LogP contribution is -2.03. The maximum absolute atomic E-state index is 12.0. The first-order valence-corrected chi connectivity index (χ1v) is 4.93. The number of aliphatic hydroxyl groups excluding tert-OH is 1. The van der Waals surface area contributed by atoms with Crippen LogP contribution in [0.3, 0.4) is 0 Å². The van der Waals surface area contributed by atoms with Gasteiger partial charge in [-0.1, -0.05) is 12.1 Å². The van der Waals surface area contributed by atoms with E-state index in [1.54, 1.807) is 18.2 Å². The number of hydrogen-bond acceptors (Lipinski definition) is 3. The fraction of sp³-hybridized carbons (Fsp3) is 0.167. The first kappa shape index (κ1) is 11.6. The van der Waals surface area contributed by atoms with Gasteiger partial charge in [-0.2, -0.15) is 8.78 Å². The second-order valence-corrected chi connectivity index (χ2v) is 3.37. The molecule has 1 aromatic carbocycles. The Labute approximate surface area is 96.3 Å². The Balaban J connectivity index is 2.21. The number of benzene rings is 1. The van der Waals surface area contributed by atoms with Crippen molar-refractivity contribution >= 4 is 0 Å². The van der Waals surface area contributed by atoms with Gasteiger partial charge in [0.1, 0.15) is 17.6 Å². The van der Waals surface area contributed by atoms with Crippen LogP contribution in [0.4, 0.5) is 8.78 Å². The Morgan fingerprint density at radius 1 is 1.18 bits per heavy atom. The van der Waals surface area contributed by atoms with E-state index in [0.29, 0.717) is 11.3 Å². The molecule has 0 radical (unpaired) electrons. The van der Waals surface area contributed by atoms with E-state index >= 15 is 0 Å². The SMILES string of the molecule is OC(c1cccc(OC(F)F)c1)c1ccco1. The van der Waals surface area contributed by atoms with Gasteiger partial charge in [-0.25, -0.2) is 0 Å². The fourth-order valence-corrected chi connectivity index (χ4v) is 1.47. The molecular formula is C12H10F2O3. The summed E-state index contributed by atoms with van der Waals surface area (Å²) < 4.78 is 33.3. The molecule has 90 valence electrons. The highest BCUT2D eigenvalue weighted by Crippen LogP contribution is 2.25. The molecule has 0 spiro atoms. The molecule has 2 rings (SSSR count). The van der Waals surface area contributed by atoms with E-state index in [2.05, 4.69) is 4.74 Å². The summed E-state index contributed by atoms with van der Waals surface area (Å²) in [5.41, 5.74) is 0.429. The highest BCUT2D eigenvalue weighted by molar-refractivity contribution is 5.32. The standard InChI is InChI=1S/C12H10F2O3/c13-12(14)17-9-4-1-3-8(7-9)11(15)10-5-2-6-16-10/h1-7,11-12,15H. The summed E-state index contributed by atoms with van der Waals surface area (Å²) in [7, 11) is 0. The lowest BCUT2D eigenvalue weighted by Gasteiger charge is -2.10. The zero-order valence-corrected chi connectivity index (χ0v) is 8.72. The van der Waals surface area contributed by atoms with Crippen LogP contribution in [0.5, 0.6) is 5.75 Å². The lowest BCUT2D eigenvalue weighted by atomic mass is 10.1. The van der Waals surface area contributed by atoms with Crippen LogP contribution in [-0.4, -0.2) is 11.7 Å². The predicted octanol–water partition coefficient (Wildman–Crippen LogP) is 2.96. The van der Waals surface area contributed by atoms with E-state index in [0.717, 1.165) is 0 Å². The number of hydrogen-bond donors (Lipinski definition) is 1. The summed E-state index contributed by atoms with van der Waals surface area (Å²) in [6.45, 7) is -2.88. The van der Waals surface area contributed by atoms with E-state index in [-0.39, 0.29) is 5.75 Å². The first-order chi connectivity index (χ1) is 8.16. The predicted molar refractivity (Wildman–Crippen MR) is 55.8 cm³/mol. The molecule has 5 heteroatoms. The van der Waals surface area contributed by atoms with Crippen molar-refractivity contribution in [2.75, 3.05) is 0 Å². The number of halogens is 2. The largest absolute Gasteiger partial charge is 0.466 e. The third kappa shape index (κ3) is 2.82. The van der Waals surface area contributed by atoms with E-state index in [9.17, 15) is 13.9 Å². The molecule has 0 fully saturated rings. The van der Waals surface area contributed by atoms with Gasteiger partial charge in [-0.3, -0.25) is 0 Å². The minimum absolute atomic E-state index is 0.00288. The number of aliphatic hydroxyl groups is 1. The highest BCUT2D eigenvalue weighted by Gasteiger charge is 2.14. The summed E-state index contributed by atoms with van der Waals surface area (Å²) >= 11 is 0.